The molecule has 0 unspecified atom stereocenters. The minimum absolute atomic E-state index is 0.960. The van der Waals surface area contributed by atoms with Gasteiger partial charge in [-0.15, -0.1) is 11.3 Å². The molecule has 0 bridgehead atoms. The third-order valence-electron chi connectivity index (χ3n) is 9.34. The smallest absolute Gasteiger partial charge is 0.0730 e. The van der Waals surface area contributed by atoms with Gasteiger partial charge in [0.1, 0.15) is 0 Å². The first kappa shape index (κ1) is 25.5. The standard InChI is InChI=1S/C43H26N2S/c1-3-14-28(15-4-1)36-25-30(26-37(44-36)29-16-5-2-6-17-29)45-38-22-12-11-21-34(38)39-32-19-9-10-20-33(32)40-35-24-23-27-13-7-8-18-31(27)42(35)46-43(40)41(39)45/h1-26H. The van der Waals surface area contributed by atoms with Crippen molar-refractivity contribution in [3.05, 3.63) is 158 Å². The lowest BCUT2D eigenvalue weighted by Gasteiger charge is -2.14. The monoisotopic (exact) mass is 602 g/mol. The fourth-order valence-corrected chi connectivity index (χ4v) is 8.73. The topological polar surface area (TPSA) is 17.8 Å². The Hall–Kier alpha value is -5.77. The van der Waals surface area contributed by atoms with Crippen molar-refractivity contribution in [1.82, 2.24) is 9.55 Å². The molecule has 10 rings (SSSR count). The fraction of sp³-hybridized carbons (Fsp3) is 0. The van der Waals surface area contributed by atoms with Crippen LogP contribution >= 0.6 is 11.3 Å². The third kappa shape index (κ3) is 3.67. The molecule has 0 fully saturated rings. The van der Waals surface area contributed by atoms with Gasteiger partial charge < -0.3 is 4.57 Å². The molecule has 0 spiro atoms. The Morgan fingerprint density at radius 3 is 1.70 bits per heavy atom. The van der Waals surface area contributed by atoms with Crippen molar-refractivity contribution < 1.29 is 0 Å². The maximum Gasteiger partial charge on any atom is 0.0730 e. The molecule has 0 saturated carbocycles. The fourth-order valence-electron chi connectivity index (χ4n) is 7.33. The summed E-state index contributed by atoms with van der Waals surface area (Å²) in [6, 6.07) is 56.8. The van der Waals surface area contributed by atoms with E-state index in [0.717, 1.165) is 28.2 Å². The highest BCUT2D eigenvalue weighted by Gasteiger charge is 2.23. The molecule has 0 atom stereocenters. The van der Waals surface area contributed by atoms with E-state index in [9.17, 15) is 0 Å². The Morgan fingerprint density at radius 2 is 1.00 bits per heavy atom. The van der Waals surface area contributed by atoms with Gasteiger partial charge in [-0.1, -0.05) is 140 Å². The average Bonchev–Trinajstić information content (AvgIpc) is 3.70. The summed E-state index contributed by atoms with van der Waals surface area (Å²) in [4.78, 5) is 5.21. The quantitative estimate of drug-likeness (QED) is 0.197. The van der Waals surface area contributed by atoms with Crippen molar-refractivity contribution in [1.29, 1.82) is 0 Å². The normalized spacial score (nSPS) is 11.9. The van der Waals surface area contributed by atoms with Crippen LogP contribution in [0, 0.1) is 0 Å². The van der Waals surface area contributed by atoms with Crippen molar-refractivity contribution in [2.45, 2.75) is 0 Å². The second-order valence-electron chi connectivity index (χ2n) is 11.9. The molecule has 0 aliphatic carbocycles. The molecule has 214 valence electrons. The largest absolute Gasteiger partial charge is 0.308 e. The number of hydrogen-bond acceptors (Lipinski definition) is 2. The van der Waals surface area contributed by atoms with Gasteiger partial charge in [0.15, 0.2) is 0 Å². The second kappa shape index (κ2) is 9.87. The Kier molecular flexibility index (Phi) is 5.48. The molecule has 3 aromatic heterocycles. The van der Waals surface area contributed by atoms with Crippen molar-refractivity contribution >= 4 is 74.9 Å². The molecule has 0 radical (unpaired) electrons. The molecule has 46 heavy (non-hydrogen) atoms. The van der Waals surface area contributed by atoms with Crippen LogP contribution in [0.5, 0.6) is 0 Å². The number of benzene rings is 7. The Bertz CT molecular complexity index is 2730. The highest BCUT2D eigenvalue weighted by Crippen LogP contribution is 2.49. The molecule has 2 nitrogen and oxygen atoms in total. The molecule has 0 amide bonds. The van der Waals surface area contributed by atoms with Gasteiger partial charge in [-0.3, -0.25) is 0 Å². The molecule has 0 aliphatic heterocycles. The number of hydrogen-bond donors (Lipinski definition) is 0. The predicted octanol–water partition coefficient (Wildman–Crippen LogP) is 12.2. The van der Waals surface area contributed by atoms with Crippen molar-refractivity contribution in [3.63, 3.8) is 0 Å². The molecule has 0 saturated heterocycles. The Balaban J connectivity index is 1.43. The summed E-state index contributed by atoms with van der Waals surface area (Å²) in [5.41, 5.74) is 7.69. The third-order valence-corrected chi connectivity index (χ3v) is 10.6. The van der Waals surface area contributed by atoms with Crippen LogP contribution in [-0.4, -0.2) is 9.55 Å². The number of pyridine rings is 1. The van der Waals surface area contributed by atoms with E-state index in [1.54, 1.807) is 0 Å². The van der Waals surface area contributed by atoms with Crippen LogP contribution in [0.2, 0.25) is 0 Å². The summed E-state index contributed by atoms with van der Waals surface area (Å²) in [5, 5.41) is 10.4. The number of nitrogens with zero attached hydrogens (tertiary/aromatic N) is 2. The minimum Gasteiger partial charge on any atom is -0.308 e. The van der Waals surface area contributed by atoms with Gasteiger partial charge in [0, 0.05) is 37.4 Å². The Labute approximate surface area is 269 Å². The summed E-state index contributed by atoms with van der Waals surface area (Å²) in [7, 11) is 0. The van der Waals surface area contributed by atoms with Gasteiger partial charge in [-0.2, -0.15) is 0 Å². The number of thiophene rings is 1. The van der Waals surface area contributed by atoms with E-state index in [1.165, 1.54) is 63.5 Å². The van der Waals surface area contributed by atoms with Crippen LogP contribution in [-0.2, 0) is 0 Å². The van der Waals surface area contributed by atoms with Crippen LogP contribution < -0.4 is 0 Å². The summed E-state index contributed by atoms with van der Waals surface area (Å²) in [5.74, 6) is 0. The average molecular weight is 603 g/mol. The van der Waals surface area contributed by atoms with Crippen molar-refractivity contribution in [2.24, 2.45) is 0 Å². The van der Waals surface area contributed by atoms with Gasteiger partial charge in [0.25, 0.3) is 0 Å². The molecule has 3 heterocycles. The number of rotatable bonds is 3. The first-order valence-corrected chi connectivity index (χ1v) is 16.5. The van der Waals surface area contributed by atoms with E-state index in [4.69, 9.17) is 4.98 Å². The molecule has 0 N–H and O–H groups in total. The van der Waals surface area contributed by atoms with E-state index < -0.39 is 0 Å². The van der Waals surface area contributed by atoms with E-state index in [0.29, 0.717) is 0 Å². The summed E-state index contributed by atoms with van der Waals surface area (Å²) >= 11 is 1.92. The second-order valence-corrected chi connectivity index (χ2v) is 12.9. The van der Waals surface area contributed by atoms with Crippen LogP contribution in [0.15, 0.2) is 158 Å². The van der Waals surface area contributed by atoms with Gasteiger partial charge in [0.2, 0.25) is 0 Å². The van der Waals surface area contributed by atoms with E-state index in [1.807, 2.05) is 11.3 Å². The van der Waals surface area contributed by atoms with E-state index in [2.05, 4.69) is 162 Å². The zero-order valence-corrected chi connectivity index (χ0v) is 25.6. The summed E-state index contributed by atoms with van der Waals surface area (Å²) in [6.07, 6.45) is 0. The molecule has 0 aliphatic rings. The number of fused-ring (bicyclic) bond motifs is 12. The van der Waals surface area contributed by atoms with Crippen LogP contribution in [0.4, 0.5) is 0 Å². The first-order valence-electron chi connectivity index (χ1n) is 15.6. The summed E-state index contributed by atoms with van der Waals surface area (Å²) in [6.45, 7) is 0. The highest BCUT2D eigenvalue weighted by atomic mass is 32.1. The molecule has 7 aromatic carbocycles. The maximum absolute atomic E-state index is 5.21. The lowest BCUT2D eigenvalue weighted by atomic mass is 9.98. The highest BCUT2D eigenvalue weighted by molar-refractivity contribution is 7.27. The predicted molar refractivity (Wildman–Crippen MR) is 197 cm³/mol. The summed E-state index contributed by atoms with van der Waals surface area (Å²) < 4.78 is 5.15. The number of para-hydroxylation sites is 1. The molecule has 3 heteroatoms. The van der Waals surface area contributed by atoms with Gasteiger partial charge >= 0.3 is 0 Å². The van der Waals surface area contributed by atoms with Crippen LogP contribution in [0.1, 0.15) is 0 Å². The number of aromatic nitrogens is 2. The molecule has 10 aromatic rings. The van der Waals surface area contributed by atoms with Gasteiger partial charge in [-0.25, -0.2) is 4.98 Å². The van der Waals surface area contributed by atoms with Gasteiger partial charge in [-0.05, 0) is 39.7 Å². The van der Waals surface area contributed by atoms with E-state index in [-0.39, 0.29) is 0 Å². The van der Waals surface area contributed by atoms with Crippen LogP contribution in [0.25, 0.3) is 91.7 Å². The van der Waals surface area contributed by atoms with E-state index >= 15 is 0 Å². The van der Waals surface area contributed by atoms with Crippen molar-refractivity contribution in [2.75, 3.05) is 0 Å². The SMILES string of the molecule is c1ccc(-c2cc(-n3c4ccccc4c4c5ccccc5c5c6ccc7ccccc7c6sc5c43)cc(-c3ccccc3)n2)cc1. The zero-order chi connectivity index (χ0) is 30.2. The zero-order valence-electron chi connectivity index (χ0n) is 24.8. The lowest BCUT2D eigenvalue weighted by Crippen LogP contribution is -1.98. The lowest BCUT2D eigenvalue weighted by molar-refractivity contribution is 1.16. The van der Waals surface area contributed by atoms with Crippen LogP contribution in [0.3, 0.4) is 0 Å². The maximum atomic E-state index is 5.21. The van der Waals surface area contributed by atoms with Crippen molar-refractivity contribution in [3.8, 4) is 28.2 Å². The first-order chi connectivity index (χ1) is 22.8. The van der Waals surface area contributed by atoms with Gasteiger partial charge in [0.05, 0.1) is 32.8 Å². The Morgan fingerprint density at radius 1 is 0.435 bits per heavy atom. The molecular formula is C43H26N2S. The molecular weight excluding hydrogens is 577 g/mol. The minimum atomic E-state index is 0.960.